The summed E-state index contributed by atoms with van der Waals surface area (Å²) < 4.78 is 0. The van der Waals surface area contributed by atoms with Crippen molar-refractivity contribution in [3.05, 3.63) is 42.2 Å². The first-order valence-corrected chi connectivity index (χ1v) is 6.11. The van der Waals surface area contributed by atoms with Gasteiger partial charge in [-0.1, -0.05) is 18.2 Å². The fraction of sp³-hybridized carbons (Fsp3) is 0.500. The first-order chi connectivity index (χ1) is 7.81. The third kappa shape index (κ3) is 0.858. The van der Waals surface area contributed by atoms with Crippen LogP contribution in [0, 0.1) is 11.3 Å². The van der Waals surface area contributed by atoms with Crippen LogP contribution in [0.25, 0.3) is 0 Å². The van der Waals surface area contributed by atoms with Gasteiger partial charge in [-0.3, -0.25) is 4.98 Å². The van der Waals surface area contributed by atoms with Crippen LogP contribution in [-0.4, -0.2) is 29.5 Å². The van der Waals surface area contributed by atoms with E-state index in [1.165, 1.54) is 18.5 Å². The van der Waals surface area contributed by atoms with Crippen LogP contribution in [0.5, 0.6) is 0 Å². The topological polar surface area (TPSA) is 16.1 Å². The summed E-state index contributed by atoms with van der Waals surface area (Å²) in [7, 11) is 2.26. The molecule has 2 nitrogen and oxygen atoms in total. The van der Waals surface area contributed by atoms with Crippen molar-refractivity contribution in [1.29, 1.82) is 0 Å². The van der Waals surface area contributed by atoms with Gasteiger partial charge in [0.05, 0.1) is 0 Å². The van der Waals surface area contributed by atoms with E-state index in [2.05, 4.69) is 47.4 Å². The first kappa shape index (κ1) is 8.94. The summed E-state index contributed by atoms with van der Waals surface area (Å²) >= 11 is 0. The smallest absolute Gasteiger partial charge is 0.0303 e. The lowest BCUT2D eigenvalue weighted by Crippen LogP contribution is -2.64. The molecule has 2 aliphatic carbocycles. The molecular weight excluding hydrogens is 196 g/mol. The Morgan fingerprint density at radius 3 is 3.06 bits per heavy atom. The highest BCUT2D eigenvalue weighted by molar-refractivity contribution is 5.38. The van der Waals surface area contributed by atoms with Crippen LogP contribution in [0.4, 0.5) is 0 Å². The molecule has 2 heteroatoms. The summed E-state index contributed by atoms with van der Waals surface area (Å²) in [6, 6.07) is 5.03. The molecule has 1 saturated carbocycles. The molecule has 16 heavy (non-hydrogen) atoms. The fourth-order valence-corrected chi connectivity index (χ4v) is 4.19. The van der Waals surface area contributed by atoms with Crippen LogP contribution in [-0.2, 0) is 0 Å². The number of hydrogen-bond donors (Lipinski definition) is 0. The number of hydrogen-bond acceptors (Lipinski definition) is 2. The van der Waals surface area contributed by atoms with E-state index in [0.717, 1.165) is 12.0 Å². The van der Waals surface area contributed by atoms with Crippen LogP contribution >= 0.6 is 0 Å². The van der Waals surface area contributed by atoms with E-state index in [-0.39, 0.29) is 0 Å². The number of likely N-dealkylation sites (tertiary alicyclic amines) is 1. The van der Waals surface area contributed by atoms with E-state index in [9.17, 15) is 0 Å². The van der Waals surface area contributed by atoms with E-state index in [1.807, 2.05) is 6.20 Å². The largest absolute Gasteiger partial charge is 0.301 e. The van der Waals surface area contributed by atoms with Crippen molar-refractivity contribution in [2.75, 3.05) is 13.6 Å². The van der Waals surface area contributed by atoms with Crippen LogP contribution in [0.1, 0.15) is 17.9 Å². The lowest BCUT2D eigenvalue weighted by atomic mass is 9.61. The molecular formula is C14H16N2. The number of allylic oxidation sites excluding steroid dienone is 1. The van der Waals surface area contributed by atoms with Gasteiger partial charge in [-0.15, -0.1) is 0 Å². The molecule has 0 amide bonds. The maximum atomic E-state index is 4.27. The minimum absolute atomic E-state index is 0.537. The Bertz CT molecular complexity index is 453. The van der Waals surface area contributed by atoms with Gasteiger partial charge in [0, 0.05) is 36.3 Å². The molecule has 2 fully saturated rings. The molecule has 3 aliphatic rings. The highest BCUT2D eigenvalue weighted by atomic mass is 15.2. The normalized spacial score (nSPS) is 44.4. The second-order valence-electron chi connectivity index (χ2n) is 5.57. The van der Waals surface area contributed by atoms with Crippen molar-refractivity contribution < 1.29 is 0 Å². The lowest BCUT2D eigenvalue weighted by Gasteiger charge is -2.58. The number of pyridine rings is 1. The summed E-state index contributed by atoms with van der Waals surface area (Å²) in [5.74, 6) is 1.52. The number of aromatic nitrogens is 1. The van der Waals surface area contributed by atoms with Gasteiger partial charge in [-0.2, -0.15) is 0 Å². The zero-order valence-electron chi connectivity index (χ0n) is 9.50. The number of nitrogens with zero attached hydrogens (tertiary/aromatic N) is 2. The van der Waals surface area contributed by atoms with E-state index in [0.29, 0.717) is 11.3 Å². The summed E-state index contributed by atoms with van der Waals surface area (Å²) in [6.45, 7) is 1.26. The first-order valence-electron chi connectivity index (χ1n) is 6.11. The van der Waals surface area contributed by atoms with E-state index in [1.54, 1.807) is 0 Å². The standard InChI is InChI=1S/C14H16N2/c1-16-9-14-5-4-11(14)7-12(13(14)16)10-3-2-6-15-8-10/h2-6,8,11-13H,7,9H2,1H3. The van der Waals surface area contributed by atoms with Crippen molar-refractivity contribution in [2.24, 2.45) is 11.3 Å². The zero-order chi connectivity index (χ0) is 10.8. The van der Waals surface area contributed by atoms with Gasteiger partial charge in [0.15, 0.2) is 0 Å². The van der Waals surface area contributed by atoms with Gasteiger partial charge in [0.25, 0.3) is 0 Å². The van der Waals surface area contributed by atoms with Gasteiger partial charge in [-0.05, 0) is 31.0 Å². The third-order valence-electron chi connectivity index (χ3n) is 4.88. The molecule has 1 spiro atoms. The Kier molecular flexibility index (Phi) is 1.54. The molecule has 82 valence electrons. The van der Waals surface area contributed by atoms with Crippen molar-refractivity contribution in [3.63, 3.8) is 0 Å². The Balaban J connectivity index is 1.73. The summed E-state index contributed by atoms with van der Waals surface area (Å²) in [5, 5.41) is 0. The van der Waals surface area contributed by atoms with E-state index >= 15 is 0 Å². The maximum Gasteiger partial charge on any atom is 0.0303 e. The fourth-order valence-electron chi connectivity index (χ4n) is 4.19. The molecule has 4 atom stereocenters. The summed E-state index contributed by atoms with van der Waals surface area (Å²) in [4.78, 5) is 6.78. The SMILES string of the molecule is CN1CC23C=CC2CC(c2cccnc2)C13. The Morgan fingerprint density at radius 1 is 1.50 bits per heavy atom. The number of likely N-dealkylation sites (N-methyl/N-ethyl adjacent to an activating group) is 1. The van der Waals surface area contributed by atoms with E-state index in [4.69, 9.17) is 0 Å². The molecule has 1 aromatic rings. The molecule has 0 aromatic carbocycles. The third-order valence-corrected chi connectivity index (χ3v) is 4.88. The molecule has 1 aromatic heterocycles. The van der Waals surface area contributed by atoms with Crippen molar-refractivity contribution in [1.82, 2.24) is 9.88 Å². The van der Waals surface area contributed by atoms with Gasteiger partial charge in [0.2, 0.25) is 0 Å². The second-order valence-corrected chi connectivity index (χ2v) is 5.57. The quantitative estimate of drug-likeness (QED) is 0.662. The van der Waals surface area contributed by atoms with Crippen LogP contribution in [0.3, 0.4) is 0 Å². The minimum Gasteiger partial charge on any atom is -0.301 e. The van der Waals surface area contributed by atoms with E-state index < -0.39 is 0 Å². The van der Waals surface area contributed by atoms with Crippen molar-refractivity contribution >= 4 is 0 Å². The Morgan fingerprint density at radius 2 is 2.44 bits per heavy atom. The summed E-state index contributed by atoms with van der Waals surface area (Å²) in [5.41, 5.74) is 1.96. The molecule has 2 heterocycles. The van der Waals surface area contributed by atoms with Crippen molar-refractivity contribution in [3.8, 4) is 0 Å². The Hall–Kier alpha value is -1.15. The molecule has 0 bridgehead atoms. The zero-order valence-corrected chi connectivity index (χ0v) is 9.50. The van der Waals surface area contributed by atoms with Gasteiger partial charge in [0.1, 0.15) is 0 Å². The number of rotatable bonds is 1. The molecule has 0 N–H and O–H groups in total. The van der Waals surface area contributed by atoms with Gasteiger partial charge < -0.3 is 4.90 Å². The lowest BCUT2D eigenvalue weighted by molar-refractivity contribution is -0.0306. The average Bonchev–Trinajstić information content (AvgIpc) is 2.46. The monoisotopic (exact) mass is 212 g/mol. The predicted molar refractivity (Wildman–Crippen MR) is 63.1 cm³/mol. The highest BCUT2D eigenvalue weighted by Crippen LogP contribution is 2.64. The van der Waals surface area contributed by atoms with Crippen LogP contribution in [0.15, 0.2) is 36.7 Å². The molecule has 1 aliphatic heterocycles. The molecule has 4 unspecified atom stereocenters. The summed E-state index contributed by atoms with van der Waals surface area (Å²) in [6.07, 6.45) is 10.1. The maximum absolute atomic E-state index is 4.27. The van der Waals surface area contributed by atoms with Gasteiger partial charge >= 0.3 is 0 Å². The second kappa shape index (κ2) is 2.75. The highest BCUT2D eigenvalue weighted by Gasteiger charge is 2.64. The van der Waals surface area contributed by atoms with Crippen molar-refractivity contribution in [2.45, 2.75) is 18.4 Å². The van der Waals surface area contributed by atoms with Crippen LogP contribution < -0.4 is 0 Å². The molecule has 4 rings (SSSR count). The van der Waals surface area contributed by atoms with Gasteiger partial charge in [-0.25, -0.2) is 0 Å². The van der Waals surface area contributed by atoms with Crippen LogP contribution in [0.2, 0.25) is 0 Å². The molecule has 1 saturated heterocycles. The average molecular weight is 212 g/mol. The molecule has 0 radical (unpaired) electrons. The Labute approximate surface area is 96.0 Å². The minimum atomic E-state index is 0.537. The predicted octanol–water partition coefficient (Wildman–Crippen LogP) is 2.06.